The molecule has 2 heterocycles. The Labute approximate surface area is 105 Å². The summed E-state index contributed by atoms with van der Waals surface area (Å²) in [5, 5.41) is 4.48. The molecule has 0 aliphatic carbocycles. The van der Waals surface area contributed by atoms with Crippen molar-refractivity contribution in [2.45, 2.75) is 20.8 Å². The second-order valence-corrected chi connectivity index (χ2v) is 4.38. The fraction of sp³-hybridized carbons (Fsp3) is 0.250. The van der Waals surface area contributed by atoms with Gasteiger partial charge < -0.3 is 5.73 Å². The van der Waals surface area contributed by atoms with E-state index in [1.807, 2.05) is 37.6 Å². The maximum Gasteiger partial charge on any atom is 0.124 e. The second kappa shape index (κ2) is 4.25. The highest BCUT2D eigenvalue weighted by molar-refractivity contribution is 7.80. The molecule has 17 heavy (non-hydrogen) atoms. The van der Waals surface area contributed by atoms with E-state index >= 15 is 0 Å². The molecule has 0 saturated heterocycles. The van der Waals surface area contributed by atoms with Crippen molar-refractivity contribution in [2.75, 3.05) is 0 Å². The van der Waals surface area contributed by atoms with Gasteiger partial charge in [-0.3, -0.25) is 4.98 Å². The molecule has 0 aliphatic rings. The van der Waals surface area contributed by atoms with Crippen LogP contribution in [0.3, 0.4) is 0 Å². The second-order valence-electron chi connectivity index (χ2n) is 3.94. The first-order valence-electron chi connectivity index (χ1n) is 5.30. The highest BCUT2D eigenvalue weighted by atomic mass is 32.1. The third kappa shape index (κ3) is 1.93. The number of nitrogens with two attached hydrogens (primary N) is 1. The Bertz CT molecular complexity index is 586. The minimum absolute atomic E-state index is 0.283. The molecule has 88 valence electrons. The van der Waals surface area contributed by atoms with Gasteiger partial charge in [0.25, 0.3) is 0 Å². The summed E-state index contributed by atoms with van der Waals surface area (Å²) in [5.74, 6) is 0. The molecule has 4 nitrogen and oxygen atoms in total. The van der Waals surface area contributed by atoms with Crippen molar-refractivity contribution < 1.29 is 0 Å². The lowest BCUT2D eigenvalue weighted by Gasteiger charge is -2.08. The van der Waals surface area contributed by atoms with Crippen LogP contribution in [-0.2, 0) is 0 Å². The Kier molecular flexibility index (Phi) is 2.93. The quantitative estimate of drug-likeness (QED) is 0.821. The molecule has 0 fully saturated rings. The molecule has 0 radical (unpaired) electrons. The third-order valence-electron chi connectivity index (χ3n) is 2.90. The molecule has 0 aliphatic heterocycles. The summed E-state index contributed by atoms with van der Waals surface area (Å²) >= 11 is 5.01. The zero-order chi connectivity index (χ0) is 12.6. The number of aryl methyl sites for hydroxylation is 1. The van der Waals surface area contributed by atoms with Gasteiger partial charge in [0.2, 0.25) is 0 Å². The minimum atomic E-state index is 0.283. The van der Waals surface area contributed by atoms with Gasteiger partial charge in [-0.2, -0.15) is 5.10 Å². The molecule has 0 saturated carbocycles. The molecule has 0 unspecified atom stereocenters. The van der Waals surface area contributed by atoms with Crippen LogP contribution in [0.15, 0.2) is 18.3 Å². The average Bonchev–Trinajstić information content (AvgIpc) is 2.57. The van der Waals surface area contributed by atoms with Gasteiger partial charge >= 0.3 is 0 Å². The smallest absolute Gasteiger partial charge is 0.124 e. The van der Waals surface area contributed by atoms with Crippen LogP contribution in [0.25, 0.3) is 5.69 Å². The molecule has 2 aromatic rings. The van der Waals surface area contributed by atoms with Crippen LogP contribution in [0, 0.1) is 20.8 Å². The van der Waals surface area contributed by atoms with Gasteiger partial charge in [0.15, 0.2) is 0 Å². The molecule has 2 aromatic heterocycles. The highest BCUT2D eigenvalue weighted by Crippen LogP contribution is 2.18. The molecule has 5 heteroatoms. The normalized spacial score (nSPS) is 10.5. The predicted molar refractivity (Wildman–Crippen MR) is 71.5 cm³/mol. The molecule has 0 spiro atoms. The van der Waals surface area contributed by atoms with Crippen molar-refractivity contribution in [3.63, 3.8) is 0 Å². The maximum absolute atomic E-state index is 5.67. The van der Waals surface area contributed by atoms with Gasteiger partial charge in [0.1, 0.15) is 10.7 Å². The highest BCUT2D eigenvalue weighted by Gasteiger charge is 2.13. The van der Waals surface area contributed by atoms with Crippen molar-refractivity contribution in [3.8, 4) is 5.69 Å². The first kappa shape index (κ1) is 11.7. The van der Waals surface area contributed by atoms with E-state index in [9.17, 15) is 0 Å². The molecule has 0 atom stereocenters. The first-order valence-corrected chi connectivity index (χ1v) is 5.71. The summed E-state index contributed by atoms with van der Waals surface area (Å²) in [4.78, 5) is 4.49. The fourth-order valence-corrected chi connectivity index (χ4v) is 1.87. The summed E-state index contributed by atoms with van der Waals surface area (Å²) in [5.41, 5.74) is 10.4. The number of hydrogen-bond donors (Lipinski definition) is 1. The fourth-order valence-electron chi connectivity index (χ4n) is 1.71. The van der Waals surface area contributed by atoms with Crippen LogP contribution < -0.4 is 5.73 Å². The number of aromatic nitrogens is 3. The van der Waals surface area contributed by atoms with Gasteiger partial charge in [-0.15, -0.1) is 0 Å². The van der Waals surface area contributed by atoms with Crippen LogP contribution in [0.5, 0.6) is 0 Å². The third-order valence-corrected chi connectivity index (χ3v) is 3.09. The molecule has 0 amide bonds. The van der Waals surface area contributed by atoms with Gasteiger partial charge in [-0.1, -0.05) is 12.2 Å². The largest absolute Gasteiger partial charge is 0.388 e. The van der Waals surface area contributed by atoms with Gasteiger partial charge in [0.05, 0.1) is 11.4 Å². The molecule has 0 bridgehead atoms. The summed E-state index contributed by atoms with van der Waals surface area (Å²) in [6.07, 6.45) is 1.68. The van der Waals surface area contributed by atoms with Crippen molar-refractivity contribution in [1.29, 1.82) is 0 Å². The molecule has 2 N–H and O–H groups in total. The van der Waals surface area contributed by atoms with Crippen LogP contribution >= 0.6 is 12.2 Å². The van der Waals surface area contributed by atoms with Crippen LogP contribution in [-0.4, -0.2) is 19.8 Å². The van der Waals surface area contributed by atoms with E-state index < -0.39 is 0 Å². The number of pyridine rings is 1. The van der Waals surface area contributed by atoms with E-state index in [2.05, 4.69) is 10.1 Å². The van der Waals surface area contributed by atoms with Crippen LogP contribution in [0.1, 0.15) is 22.6 Å². The summed E-state index contributed by atoms with van der Waals surface area (Å²) in [6, 6.07) is 3.77. The summed E-state index contributed by atoms with van der Waals surface area (Å²) in [6.45, 7) is 6.05. The van der Waals surface area contributed by atoms with Crippen molar-refractivity contribution in [3.05, 3.63) is 41.0 Å². The standard InChI is InChI=1S/C12H14N4S/c1-7-8(2)15-16(9(7)3)10-5-4-6-14-11(10)12(13)17/h4-6H,1-3H3,(H2,13,17). The van der Waals surface area contributed by atoms with Crippen LogP contribution in [0.2, 0.25) is 0 Å². The predicted octanol–water partition coefficient (Wildman–Crippen LogP) is 1.83. The van der Waals surface area contributed by atoms with Crippen LogP contribution in [0.4, 0.5) is 0 Å². The Balaban J connectivity index is 2.68. The van der Waals surface area contributed by atoms with Gasteiger partial charge in [0, 0.05) is 11.9 Å². The van der Waals surface area contributed by atoms with Crippen molar-refractivity contribution in [2.24, 2.45) is 5.73 Å². The summed E-state index contributed by atoms with van der Waals surface area (Å²) < 4.78 is 1.84. The van der Waals surface area contributed by atoms with E-state index in [4.69, 9.17) is 18.0 Å². The Hall–Kier alpha value is -1.75. The van der Waals surface area contributed by atoms with E-state index in [1.165, 1.54) is 5.56 Å². The Morgan fingerprint density at radius 3 is 2.59 bits per heavy atom. The summed E-state index contributed by atoms with van der Waals surface area (Å²) in [7, 11) is 0. The Morgan fingerprint density at radius 1 is 1.35 bits per heavy atom. The van der Waals surface area contributed by atoms with Crippen molar-refractivity contribution in [1.82, 2.24) is 14.8 Å². The first-order chi connectivity index (χ1) is 8.02. The number of nitrogens with zero attached hydrogens (tertiary/aromatic N) is 3. The monoisotopic (exact) mass is 246 g/mol. The lowest BCUT2D eigenvalue weighted by atomic mass is 10.2. The lowest BCUT2D eigenvalue weighted by Crippen LogP contribution is -2.16. The lowest BCUT2D eigenvalue weighted by molar-refractivity contribution is 0.826. The molecule has 2 rings (SSSR count). The maximum atomic E-state index is 5.67. The molecular formula is C12H14N4S. The zero-order valence-corrected chi connectivity index (χ0v) is 10.9. The SMILES string of the molecule is Cc1nn(-c2cccnc2C(N)=S)c(C)c1C. The topological polar surface area (TPSA) is 56.7 Å². The van der Waals surface area contributed by atoms with E-state index in [1.54, 1.807) is 6.20 Å². The van der Waals surface area contributed by atoms with E-state index in [0.717, 1.165) is 17.1 Å². The Morgan fingerprint density at radius 2 is 2.06 bits per heavy atom. The van der Waals surface area contributed by atoms with Gasteiger partial charge in [-0.05, 0) is 38.5 Å². The van der Waals surface area contributed by atoms with Gasteiger partial charge in [-0.25, -0.2) is 4.68 Å². The zero-order valence-electron chi connectivity index (χ0n) is 10.1. The number of rotatable bonds is 2. The van der Waals surface area contributed by atoms with E-state index in [0.29, 0.717) is 5.69 Å². The average molecular weight is 246 g/mol. The molecular weight excluding hydrogens is 232 g/mol. The van der Waals surface area contributed by atoms with E-state index in [-0.39, 0.29) is 4.99 Å². The molecule has 0 aromatic carbocycles. The number of hydrogen-bond acceptors (Lipinski definition) is 3. The van der Waals surface area contributed by atoms with Crippen molar-refractivity contribution >= 4 is 17.2 Å². The minimum Gasteiger partial charge on any atom is -0.388 e. The number of thiocarbonyl (C=S) groups is 1.